The van der Waals surface area contributed by atoms with E-state index in [9.17, 15) is 5.11 Å². The molecule has 4 nitrogen and oxygen atoms in total. The van der Waals surface area contributed by atoms with E-state index >= 15 is 0 Å². The maximum absolute atomic E-state index is 9.43. The van der Waals surface area contributed by atoms with Crippen LogP contribution in [0.15, 0.2) is 0 Å². The van der Waals surface area contributed by atoms with Crippen molar-refractivity contribution in [2.45, 2.75) is 44.8 Å². The van der Waals surface area contributed by atoms with E-state index in [1.165, 1.54) is 0 Å². The summed E-state index contributed by atoms with van der Waals surface area (Å²) in [5, 5.41) is 9.43. The van der Waals surface area contributed by atoms with Gasteiger partial charge >= 0.3 is 0 Å². The lowest BCUT2D eigenvalue weighted by Gasteiger charge is -2.42. The van der Waals surface area contributed by atoms with E-state index in [-0.39, 0.29) is 18.7 Å². The summed E-state index contributed by atoms with van der Waals surface area (Å²) < 4.78 is 5.45. The Bertz CT molecular complexity index is 178. The number of aliphatic hydroxyl groups is 1. The number of hydrogen-bond donors (Lipinski definition) is 2. The Morgan fingerprint density at radius 1 is 1.53 bits per heavy atom. The van der Waals surface area contributed by atoms with Crippen LogP contribution in [0.4, 0.5) is 0 Å². The molecule has 3 unspecified atom stereocenters. The first kappa shape index (κ1) is 12.9. The summed E-state index contributed by atoms with van der Waals surface area (Å²) in [6.07, 6.45) is 1.95. The molecule has 1 fully saturated rings. The molecule has 4 heteroatoms. The summed E-state index contributed by atoms with van der Waals surface area (Å²) in [6, 6.07) is 0.555. The Morgan fingerprint density at radius 2 is 2.27 bits per heavy atom. The minimum atomic E-state index is 0.0575. The first-order valence-electron chi connectivity index (χ1n) is 5.94. The third-order valence-electron chi connectivity index (χ3n) is 3.32. The molecule has 15 heavy (non-hydrogen) atoms. The molecule has 1 heterocycles. The molecule has 0 radical (unpaired) electrons. The van der Waals surface area contributed by atoms with Gasteiger partial charge in [-0.05, 0) is 12.8 Å². The van der Waals surface area contributed by atoms with Gasteiger partial charge in [-0.25, -0.2) is 0 Å². The fourth-order valence-electron chi connectivity index (χ4n) is 2.21. The van der Waals surface area contributed by atoms with Crippen molar-refractivity contribution >= 4 is 0 Å². The summed E-state index contributed by atoms with van der Waals surface area (Å²) in [5.74, 6) is 0. The average molecular weight is 216 g/mol. The zero-order chi connectivity index (χ0) is 11.3. The summed E-state index contributed by atoms with van der Waals surface area (Å²) in [6.45, 7) is 6.77. The second kappa shape index (κ2) is 6.43. The number of aliphatic hydroxyl groups excluding tert-OH is 1. The molecule has 0 amide bonds. The first-order chi connectivity index (χ1) is 7.24. The molecule has 0 saturated carbocycles. The molecule has 1 aliphatic rings. The summed E-state index contributed by atoms with van der Waals surface area (Å²) >= 11 is 0. The van der Waals surface area contributed by atoms with Gasteiger partial charge in [0, 0.05) is 24.7 Å². The Hall–Kier alpha value is -0.160. The second-order valence-corrected chi connectivity index (χ2v) is 4.20. The fourth-order valence-corrected chi connectivity index (χ4v) is 2.21. The van der Waals surface area contributed by atoms with Gasteiger partial charge in [0.25, 0.3) is 0 Å². The van der Waals surface area contributed by atoms with E-state index in [1.807, 2.05) is 0 Å². The zero-order valence-corrected chi connectivity index (χ0v) is 9.85. The van der Waals surface area contributed by atoms with Crippen LogP contribution < -0.4 is 5.73 Å². The van der Waals surface area contributed by atoms with Gasteiger partial charge in [-0.1, -0.05) is 13.8 Å². The molecule has 90 valence electrons. The van der Waals surface area contributed by atoms with Crippen LogP contribution in [0.25, 0.3) is 0 Å². The molecule has 0 aromatic rings. The predicted molar refractivity (Wildman–Crippen MR) is 60.7 cm³/mol. The first-order valence-corrected chi connectivity index (χ1v) is 5.94. The van der Waals surface area contributed by atoms with Crippen LogP contribution in [0, 0.1) is 0 Å². The van der Waals surface area contributed by atoms with E-state index in [0.29, 0.717) is 6.04 Å². The predicted octanol–water partition coefficient (Wildman–Crippen LogP) is 0.195. The molecule has 1 rings (SSSR count). The van der Waals surface area contributed by atoms with Crippen molar-refractivity contribution in [3.8, 4) is 0 Å². The fraction of sp³-hybridized carbons (Fsp3) is 1.00. The largest absolute Gasteiger partial charge is 0.395 e. The molecule has 1 aliphatic heterocycles. The molecular weight excluding hydrogens is 192 g/mol. The highest BCUT2D eigenvalue weighted by Crippen LogP contribution is 2.16. The van der Waals surface area contributed by atoms with Gasteiger partial charge in [0.1, 0.15) is 0 Å². The van der Waals surface area contributed by atoms with Crippen molar-refractivity contribution in [2.75, 3.05) is 26.4 Å². The lowest BCUT2D eigenvalue weighted by Crippen LogP contribution is -2.57. The van der Waals surface area contributed by atoms with Gasteiger partial charge in [0.05, 0.1) is 19.8 Å². The minimum Gasteiger partial charge on any atom is -0.395 e. The molecule has 0 bridgehead atoms. The van der Waals surface area contributed by atoms with Gasteiger partial charge < -0.3 is 15.6 Å². The van der Waals surface area contributed by atoms with Gasteiger partial charge in [-0.3, -0.25) is 4.90 Å². The molecule has 0 aliphatic carbocycles. The lowest BCUT2D eigenvalue weighted by molar-refractivity contribution is -0.0465. The molecule has 1 saturated heterocycles. The van der Waals surface area contributed by atoms with E-state index < -0.39 is 0 Å². The highest BCUT2D eigenvalue weighted by Gasteiger charge is 2.30. The standard InChI is InChI=1S/C11H24N2O2/c1-3-9-8-15-6-5-13(9)11(7-14)10(12)4-2/h9-11,14H,3-8,12H2,1-2H3. The number of hydrogen-bond acceptors (Lipinski definition) is 4. The maximum atomic E-state index is 9.43. The maximum Gasteiger partial charge on any atom is 0.0622 e. The summed E-state index contributed by atoms with van der Waals surface area (Å²) in [7, 11) is 0. The Labute approximate surface area is 92.4 Å². The third kappa shape index (κ3) is 3.14. The number of ether oxygens (including phenoxy) is 1. The highest BCUT2D eigenvalue weighted by molar-refractivity contribution is 4.86. The Morgan fingerprint density at radius 3 is 2.80 bits per heavy atom. The molecule has 0 aromatic carbocycles. The van der Waals surface area contributed by atoms with E-state index in [2.05, 4.69) is 18.7 Å². The zero-order valence-electron chi connectivity index (χ0n) is 9.85. The lowest BCUT2D eigenvalue weighted by atomic mass is 10.0. The van der Waals surface area contributed by atoms with Gasteiger partial charge in [0.2, 0.25) is 0 Å². The topological polar surface area (TPSA) is 58.7 Å². The van der Waals surface area contributed by atoms with Crippen LogP contribution >= 0.6 is 0 Å². The average Bonchev–Trinajstić information content (AvgIpc) is 2.30. The van der Waals surface area contributed by atoms with Gasteiger partial charge in [-0.2, -0.15) is 0 Å². The third-order valence-corrected chi connectivity index (χ3v) is 3.32. The van der Waals surface area contributed by atoms with E-state index in [0.717, 1.165) is 32.6 Å². The van der Waals surface area contributed by atoms with Crippen LogP contribution in [0.1, 0.15) is 26.7 Å². The Kier molecular flexibility index (Phi) is 5.53. The van der Waals surface area contributed by atoms with Crippen LogP contribution in [-0.2, 0) is 4.74 Å². The summed E-state index contributed by atoms with van der Waals surface area (Å²) in [5.41, 5.74) is 6.03. The number of nitrogens with two attached hydrogens (primary N) is 1. The van der Waals surface area contributed by atoms with Crippen LogP contribution in [-0.4, -0.2) is 54.5 Å². The van der Waals surface area contributed by atoms with Crippen molar-refractivity contribution in [3.05, 3.63) is 0 Å². The smallest absolute Gasteiger partial charge is 0.0622 e. The number of rotatable bonds is 5. The van der Waals surface area contributed by atoms with Crippen molar-refractivity contribution in [2.24, 2.45) is 5.73 Å². The second-order valence-electron chi connectivity index (χ2n) is 4.20. The normalized spacial score (nSPS) is 27.6. The number of nitrogens with zero attached hydrogens (tertiary/aromatic N) is 1. The highest BCUT2D eigenvalue weighted by atomic mass is 16.5. The van der Waals surface area contributed by atoms with Crippen LogP contribution in [0.5, 0.6) is 0 Å². The minimum absolute atomic E-state index is 0.0575. The van der Waals surface area contributed by atoms with Crippen molar-refractivity contribution < 1.29 is 9.84 Å². The molecule has 0 spiro atoms. The van der Waals surface area contributed by atoms with Crippen molar-refractivity contribution in [1.29, 1.82) is 0 Å². The van der Waals surface area contributed by atoms with E-state index in [1.54, 1.807) is 0 Å². The number of morpholine rings is 1. The molecular formula is C11H24N2O2. The van der Waals surface area contributed by atoms with Crippen LogP contribution in [0.3, 0.4) is 0 Å². The Balaban J connectivity index is 2.63. The van der Waals surface area contributed by atoms with Crippen molar-refractivity contribution in [1.82, 2.24) is 4.90 Å². The quantitative estimate of drug-likeness (QED) is 0.689. The van der Waals surface area contributed by atoms with Gasteiger partial charge in [-0.15, -0.1) is 0 Å². The van der Waals surface area contributed by atoms with Gasteiger partial charge in [0.15, 0.2) is 0 Å². The summed E-state index contributed by atoms with van der Waals surface area (Å²) in [4.78, 5) is 2.32. The SMILES string of the molecule is CCC(N)C(CO)N1CCOCC1CC. The van der Waals surface area contributed by atoms with Crippen LogP contribution in [0.2, 0.25) is 0 Å². The molecule has 3 atom stereocenters. The molecule has 0 aromatic heterocycles. The van der Waals surface area contributed by atoms with E-state index in [4.69, 9.17) is 10.5 Å². The monoisotopic (exact) mass is 216 g/mol. The van der Waals surface area contributed by atoms with Crippen molar-refractivity contribution in [3.63, 3.8) is 0 Å². The molecule has 3 N–H and O–H groups in total.